The summed E-state index contributed by atoms with van der Waals surface area (Å²) in [5.41, 5.74) is 1.24. The number of aliphatic hydroxyl groups is 1. The number of hydrogen-bond acceptors (Lipinski definition) is 2. The van der Waals surface area contributed by atoms with Crippen LogP contribution in [0.4, 0.5) is 8.78 Å². The summed E-state index contributed by atoms with van der Waals surface area (Å²) in [4.78, 5) is 0. The van der Waals surface area contributed by atoms with Crippen molar-refractivity contribution in [2.24, 2.45) is 0 Å². The predicted octanol–water partition coefficient (Wildman–Crippen LogP) is 3.91. The third-order valence-electron chi connectivity index (χ3n) is 2.32. The molecule has 0 bridgehead atoms. The van der Waals surface area contributed by atoms with Crippen LogP contribution in [0.3, 0.4) is 0 Å². The van der Waals surface area contributed by atoms with Crippen molar-refractivity contribution in [3.05, 3.63) is 55.3 Å². The highest BCUT2D eigenvalue weighted by Crippen LogP contribution is 2.25. The van der Waals surface area contributed by atoms with Crippen LogP contribution in [0.1, 0.15) is 17.2 Å². The van der Waals surface area contributed by atoms with Crippen LogP contribution in [0.15, 0.2) is 29.6 Å². The van der Waals surface area contributed by atoms with E-state index in [1.165, 1.54) is 23.5 Å². The van der Waals surface area contributed by atoms with E-state index in [2.05, 4.69) is 22.6 Å². The summed E-state index contributed by atoms with van der Waals surface area (Å²) in [6, 6.07) is 5.17. The number of rotatable bonds is 3. The fourth-order valence-corrected chi connectivity index (χ4v) is 2.99. The summed E-state index contributed by atoms with van der Waals surface area (Å²) < 4.78 is 27.0. The van der Waals surface area contributed by atoms with Gasteiger partial charge in [-0.1, -0.05) is 0 Å². The minimum Gasteiger partial charge on any atom is -0.388 e. The molecule has 17 heavy (non-hydrogen) atoms. The highest BCUT2D eigenvalue weighted by molar-refractivity contribution is 14.1. The molecule has 1 atom stereocenters. The molecule has 0 spiro atoms. The Morgan fingerprint density at radius 1 is 1.18 bits per heavy atom. The highest BCUT2D eigenvalue weighted by Gasteiger charge is 2.11. The lowest BCUT2D eigenvalue weighted by molar-refractivity contribution is 0.178. The quantitative estimate of drug-likeness (QED) is 0.817. The summed E-state index contributed by atoms with van der Waals surface area (Å²) in [5.74, 6) is -1.24. The van der Waals surface area contributed by atoms with Crippen molar-refractivity contribution < 1.29 is 13.9 Å². The van der Waals surface area contributed by atoms with E-state index in [0.29, 0.717) is 5.56 Å². The van der Waals surface area contributed by atoms with Crippen LogP contribution in [0.5, 0.6) is 0 Å². The van der Waals surface area contributed by atoms with E-state index in [9.17, 15) is 13.9 Å². The summed E-state index contributed by atoms with van der Waals surface area (Å²) in [6.45, 7) is 0. The van der Waals surface area contributed by atoms with Crippen LogP contribution < -0.4 is 0 Å². The zero-order valence-corrected chi connectivity index (χ0v) is 11.6. The Morgan fingerprint density at radius 3 is 2.35 bits per heavy atom. The third-order valence-corrected chi connectivity index (χ3v) is 4.13. The van der Waals surface area contributed by atoms with E-state index < -0.39 is 17.7 Å². The first-order chi connectivity index (χ1) is 8.04. The van der Waals surface area contributed by atoms with Gasteiger partial charge in [-0.05, 0) is 57.3 Å². The maximum atomic E-state index is 13.0. The normalized spacial score (nSPS) is 12.7. The fourth-order valence-electron chi connectivity index (χ4n) is 1.57. The monoisotopic (exact) mass is 366 g/mol. The van der Waals surface area contributed by atoms with Gasteiger partial charge >= 0.3 is 0 Å². The second-order valence-electron chi connectivity index (χ2n) is 3.68. The Morgan fingerprint density at radius 2 is 1.82 bits per heavy atom. The van der Waals surface area contributed by atoms with Gasteiger partial charge in [0, 0.05) is 12.5 Å². The first-order valence-corrected chi connectivity index (χ1v) is 6.87. The van der Waals surface area contributed by atoms with Gasteiger partial charge in [-0.15, -0.1) is 11.3 Å². The van der Waals surface area contributed by atoms with Crippen molar-refractivity contribution in [3.8, 4) is 0 Å². The maximum absolute atomic E-state index is 13.0. The molecule has 5 heteroatoms. The lowest BCUT2D eigenvalue weighted by Crippen LogP contribution is -2.01. The highest BCUT2D eigenvalue weighted by atomic mass is 127. The second-order valence-corrected chi connectivity index (χ2v) is 6.49. The number of aliphatic hydroxyl groups excluding tert-OH is 1. The molecular formula is C12H9F2IOS. The molecule has 1 heterocycles. The Labute approximate surface area is 115 Å². The molecule has 1 aromatic carbocycles. The van der Waals surface area contributed by atoms with Crippen LogP contribution in [0, 0.1) is 14.5 Å². The summed E-state index contributed by atoms with van der Waals surface area (Å²) in [5, 5.41) is 11.8. The van der Waals surface area contributed by atoms with Crippen molar-refractivity contribution >= 4 is 33.9 Å². The summed E-state index contributed by atoms with van der Waals surface area (Å²) in [7, 11) is 0. The molecule has 0 saturated heterocycles. The van der Waals surface area contributed by atoms with E-state index in [1.807, 2.05) is 11.4 Å². The Kier molecular flexibility index (Phi) is 4.11. The summed E-state index contributed by atoms with van der Waals surface area (Å²) >= 11 is 3.69. The van der Waals surface area contributed by atoms with E-state index in [1.54, 1.807) is 0 Å². The number of hydrogen-bond donors (Lipinski definition) is 1. The molecule has 0 radical (unpaired) electrons. The van der Waals surface area contributed by atoms with Gasteiger partial charge in [0.2, 0.25) is 0 Å². The first kappa shape index (κ1) is 12.9. The molecule has 0 amide bonds. The van der Waals surface area contributed by atoms with Crippen LogP contribution in [-0.4, -0.2) is 5.11 Å². The smallest absolute Gasteiger partial charge is 0.126 e. The van der Waals surface area contributed by atoms with Crippen molar-refractivity contribution in [2.75, 3.05) is 0 Å². The molecule has 1 nitrogen and oxygen atoms in total. The fraction of sp³-hybridized carbons (Fsp3) is 0.167. The SMILES string of the molecule is OC(Cc1cc(F)cc(F)c1)c1csc(I)c1. The summed E-state index contributed by atoms with van der Waals surface area (Å²) in [6.07, 6.45) is -0.516. The van der Waals surface area contributed by atoms with Gasteiger partial charge < -0.3 is 5.11 Å². The Hall–Kier alpha value is -0.530. The number of benzene rings is 1. The van der Waals surface area contributed by atoms with Crippen LogP contribution in [-0.2, 0) is 6.42 Å². The molecule has 1 N–H and O–H groups in total. The zero-order chi connectivity index (χ0) is 12.4. The van der Waals surface area contributed by atoms with Gasteiger partial charge in [-0.3, -0.25) is 0 Å². The molecule has 90 valence electrons. The maximum Gasteiger partial charge on any atom is 0.126 e. The molecule has 1 unspecified atom stereocenters. The van der Waals surface area contributed by atoms with Crippen molar-refractivity contribution in [1.29, 1.82) is 0 Å². The molecule has 2 aromatic rings. The van der Waals surface area contributed by atoms with Crippen LogP contribution in [0.2, 0.25) is 0 Å². The topological polar surface area (TPSA) is 20.2 Å². The molecule has 0 aliphatic rings. The predicted molar refractivity (Wildman–Crippen MR) is 72.1 cm³/mol. The lowest BCUT2D eigenvalue weighted by Gasteiger charge is -2.09. The van der Waals surface area contributed by atoms with Gasteiger partial charge in [0.25, 0.3) is 0 Å². The number of thiophene rings is 1. The average molecular weight is 366 g/mol. The van der Waals surface area contributed by atoms with Crippen molar-refractivity contribution in [3.63, 3.8) is 0 Å². The Balaban J connectivity index is 2.15. The second kappa shape index (κ2) is 5.41. The third kappa shape index (κ3) is 3.46. The molecule has 2 rings (SSSR count). The first-order valence-electron chi connectivity index (χ1n) is 4.91. The minimum absolute atomic E-state index is 0.210. The molecule has 0 aliphatic heterocycles. The van der Waals surface area contributed by atoms with Gasteiger partial charge in [0.1, 0.15) is 11.6 Å². The molecule has 0 fully saturated rings. The van der Waals surface area contributed by atoms with Gasteiger partial charge in [-0.25, -0.2) is 8.78 Å². The zero-order valence-electron chi connectivity index (χ0n) is 8.66. The average Bonchev–Trinajstić information content (AvgIpc) is 2.63. The van der Waals surface area contributed by atoms with Crippen LogP contribution in [0.25, 0.3) is 0 Å². The molecule has 0 aliphatic carbocycles. The van der Waals surface area contributed by atoms with Crippen molar-refractivity contribution in [1.82, 2.24) is 0 Å². The Bertz CT molecular complexity index is 507. The van der Waals surface area contributed by atoms with E-state index in [0.717, 1.165) is 14.5 Å². The van der Waals surface area contributed by atoms with Gasteiger partial charge in [0.05, 0.1) is 8.99 Å². The molecular weight excluding hydrogens is 357 g/mol. The largest absolute Gasteiger partial charge is 0.388 e. The van der Waals surface area contributed by atoms with E-state index >= 15 is 0 Å². The van der Waals surface area contributed by atoms with E-state index in [-0.39, 0.29) is 6.42 Å². The molecule has 1 aromatic heterocycles. The van der Waals surface area contributed by atoms with Crippen molar-refractivity contribution in [2.45, 2.75) is 12.5 Å². The molecule has 0 saturated carbocycles. The van der Waals surface area contributed by atoms with Gasteiger partial charge in [-0.2, -0.15) is 0 Å². The van der Waals surface area contributed by atoms with Crippen LogP contribution >= 0.6 is 33.9 Å². The minimum atomic E-state index is -0.726. The standard InChI is InChI=1S/C12H9F2IOS/c13-9-1-7(2-10(14)5-9)3-11(16)8-4-12(15)17-6-8/h1-2,4-6,11,16H,3H2. The van der Waals surface area contributed by atoms with Gasteiger partial charge in [0.15, 0.2) is 0 Å². The van der Waals surface area contributed by atoms with E-state index in [4.69, 9.17) is 0 Å². The lowest BCUT2D eigenvalue weighted by atomic mass is 10.0. The number of halogens is 3.